The molecule has 0 unspecified atom stereocenters. The molecule has 1 saturated heterocycles. The number of anilines is 2. The van der Waals surface area contributed by atoms with Crippen molar-refractivity contribution in [3.05, 3.63) is 53.7 Å². The van der Waals surface area contributed by atoms with E-state index in [4.69, 9.17) is 5.73 Å². The first kappa shape index (κ1) is 19.7. The molecule has 3 rings (SSSR count). The van der Waals surface area contributed by atoms with Crippen molar-refractivity contribution in [2.45, 2.75) is 25.3 Å². The Kier molecular flexibility index (Phi) is 6.13. The van der Waals surface area contributed by atoms with E-state index in [2.05, 4.69) is 10.3 Å². The molecule has 3 N–H and O–H groups in total. The minimum absolute atomic E-state index is 0.00586. The lowest BCUT2D eigenvalue weighted by atomic mass is 10.1. The smallest absolute Gasteiger partial charge is 0.253 e. The Morgan fingerprint density at radius 1 is 1.07 bits per heavy atom. The maximum atomic E-state index is 12.8. The van der Waals surface area contributed by atoms with Crippen molar-refractivity contribution in [2.75, 3.05) is 37.4 Å². The molecule has 1 aliphatic heterocycles. The SMILES string of the molecule is CN(C)c1ccc(N[C@@H]2CCCN(C(=O)c3ccc(C(N)=O)cc3)CC2)cn1. The highest BCUT2D eigenvalue weighted by Crippen LogP contribution is 2.19. The normalized spacial score (nSPS) is 16.9. The van der Waals surface area contributed by atoms with Gasteiger partial charge >= 0.3 is 0 Å². The number of aromatic nitrogens is 1. The lowest BCUT2D eigenvalue weighted by molar-refractivity contribution is 0.0761. The highest BCUT2D eigenvalue weighted by Gasteiger charge is 2.21. The molecule has 0 spiro atoms. The molecule has 1 aromatic heterocycles. The summed E-state index contributed by atoms with van der Waals surface area (Å²) in [6.07, 6.45) is 4.66. The number of carbonyl (C=O) groups is 2. The summed E-state index contributed by atoms with van der Waals surface area (Å²) >= 11 is 0. The van der Waals surface area contributed by atoms with E-state index < -0.39 is 5.91 Å². The number of pyridine rings is 1. The van der Waals surface area contributed by atoms with Gasteiger partial charge in [-0.15, -0.1) is 0 Å². The van der Waals surface area contributed by atoms with E-state index in [0.717, 1.165) is 37.3 Å². The molecule has 1 aliphatic rings. The molecular weight excluding hydrogens is 354 g/mol. The summed E-state index contributed by atoms with van der Waals surface area (Å²) in [5, 5.41) is 3.54. The molecule has 28 heavy (non-hydrogen) atoms. The van der Waals surface area contributed by atoms with Crippen molar-refractivity contribution >= 4 is 23.3 Å². The molecule has 0 saturated carbocycles. The summed E-state index contributed by atoms with van der Waals surface area (Å²) in [5.74, 6) is 0.426. The highest BCUT2D eigenvalue weighted by molar-refractivity contribution is 5.97. The van der Waals surface area contributed by atoms with Crippen molar-refractivity contribution < 1.29 is 9.59 Å². The van der Waals surface area contributed by atoms with E-state index >= 15 is 0 Å². The molecule has 2 heterocycles. The zero-order valence-corrected chi connectivity index (χ0v) is 16.4. The lowest BCUT2D eigenvalue weighted by Crippen LogP contribution is -2.32. The molecule has 148 valence electrons. The van der Waals surface area contributed by atoms with Crippen molar-refractivity contribution in [3.8, 4) is 0 Å². The Morgan fingerprint density at radius 3 is 2.39 bits per heavy atom. The van der Waals surface area contributed by atoms with Crippen LogP contribution in [-0.4, -0.2) is 54.9 Å². The number of primary amides is 1. The number of hydrogen-bond donors (Lipinski definition) is 2. The molecule has 7 nitrogen and oxygen atoms in total. The van der Waals surface area contributed by atoms with Gasteiger partial charge in [-0.05, 0) is 55.7 Å². The largest absolute Gasteiger partial charge is 0.381 e. The molecule has 1 aromatic carbocycles. The summed E-state index contributed by atoms with van der Waals surface area (Å²) in [7, 11) is 3.93. The van der Waals surface area contributed by atoms with Crippen LogP contribution in [0, 0.1) is 0 Å². The third kappa shape index (κ3) is 4.79. The Balaban J connectivity index is 1.58. The number of hydrogen-bond acceptors (Lipinski definition) is 5. The fraction of sp³-hybridized carbons (Fsp3) is 0.381. The molecular formula is C21H27N5O2. The predicted molar refractivity (Wildman–Crippen MR) is 111 cm³/mol. The second kappa shape index (κ2) is 8.73. The Bertz CT molecular complexity index is 818. The quantitative estimate of drug-likeness (QED) is 0.830. The zero-order chi connectivity index (χ0) is 20.1. The number of rotatable bonds is 5. The molecule has 0 bridgehead atoms. The number of nitrogens with two attached hydrogens (primary N) is 1. The third-order valence-electron chi connectivity index (χ3n) is 5.01. The summed E-state index contributed by atoms with van der Waals surface area (Å²) in [6, 6.07) is 10.9. The summed E-state index contributed by atoms with van der Waals surface area (Å²) in [4.78, 5) is 32.2. The van der Waals surface area contributed by atoms with Gasteiger partial charge in [0.25, 0.3) is 5.91 Å². The van der Waals surface area contributed by atoms with Gasteiger partial charge in [0, 0.05) is 44.4 Å². The predicted octanol–water partition coefficient (Wildman–Crippen LogP) is 2.35. The Hall–Kier alpha value is -3.09. The standard InChI is InChI=1S/C21H27N5O2/c1-25(2)19-10-9-18(14-23-19)24-17-4-3-12-26(13-11-17)21(28)16-7-5-15(6-8-16)20(22)27/h5-10,14,17,24H,3-4,11-13H2,1-2H3,(H2,22,27)/t17-/m1/s1. The fourth-order valence-corrected chi connectivity index (χ4v) is 3.38. The molecule has 1 atom stereocenters. The van der Waals surface area contributed by atoms with Gasteiger partial charge in [-0.25, -0.2) is 4.98 Å². The van der Waals surface area contributed by atoms with Gasteiger partial charge in [0.15, 0.2) is 0 Å². The van der Waals surface area contributed by atoms with Crippen LogP contribution in [0.25, 0.3) is 0 Å². The van der Waals surface area contributed by atoms with E-state index in [1.54, 1.807) is 24.3 Å². The summed E-state index contributed by atoms with van der Waals surface area (Å²) < 4.78 is 0. The number of likely N-dealkylation sites (tertiary alicyclic amines) is 1. The number of nitrogens with zero attached hydrogens (tertiary/aromatic N) is 3. The molecule has 7 heteroatoms. The van der Waals surface area contributed by atoms with Crippen molar-refractivity contribution in [1.82, 2.24) is 9.88 Å². The van der Waals surface area contributed by atoms with E-state index in [9.17, 15) is 9.59 Å². The van der Waals surface area contributed by atoms with Gasteiger partial charge in [0.1, 0.15) is 5.82 Å². The van der Waals surface area contributed by atoms with Gasteiger partial charge in [-0.1, -0.05) is 0 Å². The molecule has 0 radical (unpaired) electrons. The van der Waals surface area contributed by atoms with Gasteiger partial charge < -0.3 is 20.9 Å². The second-order valence-electron chi connectivity index (χ2n) is 7.31. The number of benzene rings is 1. The van der Waals surface area contributed by atoms with Gasteiger partial charge in [0.2, 0.25) is 5.91 Å². The molecule has 0 aliphatic carbocycles. The van der Waals surface area contributed by atoms with E-state index in [1.165, 1.54) is 0 Å². The maximum absolute atomic E-state index is 12.8. The number of nitrogens with one attached hydrogen (secondary N) is 1. The molecule has 2 aromatic rings. The van der Waals surface area contributed by atoms with Gasteiger partial charge in [-0.2, -0.15) is 0 Å². The number of carbonyl (C=O) groups excluding carboxylic acids is 2. The van der Waals surface area contributed by atoms with Crippen LogP contribution < -0.4 is 16.0 Å². The molecule has 1 fully saturated rings. The van der Waals surface area contributed by atoms with E-state index in [-0.39, 0.29) is 5.91 Å². The first-order valence-electron chi connectivity index (χ1n) is 9.53. The van der Waals surface area contributed by atoms with Crippen LogP contribution in [0.1, 0.15) is 40.0 Å². The second-order valence-corrected chi connectivity index (χ2v) is 7.31. The van der Waals surface area contributed by atoms with Crippen LogP contribution in [0.5, 0.6) is 0 Å². The Morgan fingerprint density at radius 2 is 1.79 bits per heavy atom. The van der Waals surface area contributed by atoms with Crippen LogP contribution in [0.15, 0.2) is 42.6 Å². The average molecular weight is 381 g/mol. The van der Waals surface area contributed by atoms with E-state index in [1.807, 2.05) is 42.2 Å². The average Bonchev–Trinajstić information content (AvgIpc) is 2.93. The fourth-order valence-electron chi connectivity index (χ4n) is 3.38. The van der Waals surface area contributed by atoms with Crippen molar-refractivity contribution in [2.24, 2.45) is 5.73 Å². The van der Waals surface area contributed by atoms with E-state index in [0.29, 0.717) is 23.7 Å². The van der Waals surface area contributed by atoms with Crippen molar-refractivity contribution in [3.63, 3.8) is 0 Å². The van der Waals surface area contributed by atoms with Crippen LogP contribution in [0.4, 0.5) is 11.5 Å². The molecule has 2 amide bonds. The first-order chi connectivity index (χ1) is 13.4. The van der Waals surface area contributed by atoms with Crippen LogP contribution in [0.2, 0.25) is 0 Å². The minimum Gasteiger partial charge on any atom is -0.381 e. The topological polar surface area (TPSA) is 91.6 Å². The van der Waals surface area contributed by atoms with Gasteiger partial charge in [0.05, 0.1) is 11.9 Å². The van der Waals surface area contributed by atoms with Crippen molar-refractivity contribution in [1.29, 1.82) is 0 Å². The summed E-state index contributed by atoms with van der Waals surface area (Å²) in [6.45, 7) is 1.42. The maximum Gasteiger partial charge on any atom is 0.253 e. The first-order valence-corrected chi connectivity index (χ1v) is 9.53. The van der Waals surface area contributed by atoms with Crippen LogP contribution in [0.3, 0.4) is 0 Å². The minimum atomic E-state index is -0.490. The van der Waals surface area contributed by atoms with Crippen LogP contribution >= 0.6 is 0 Å². The van der Waals surface area contributed by atoms with Gasteiger partial charge in [-0.3, -0.25) is 9.59 Å². The summed E-state index contributed by atoms with van der Waals surface area (Å²) in [5.41, 5.74) is 7.25. The monoisotopic (exact) mass is 381 g/mol. The third-order valence-corrected chi connectivity index (χ3v) is 5.01. The van der Waals surface area contributed by atoms with Crippen LogP contribution in [-0.2, 0) is 0 Å². The highest BCUT2D eigenvalue weighted by atomic mass is 16.2. The number of amides is 2. The zero-order valence-electron chi connectivity index (χ0n) is 16.4. The lowest BCUT2D eigenvalue weighted by Gasteiger charge is -2.21. The Labute approximate surface area is 165 Å².